The number of carbonyl (C=O) groups is 1. The summed E-state index contributed by atoms with van der Waals surface area (Å²) in [6.07, 6.45) is 1.33. The number of nitriles is 1. The third-order valence-corrected chi connectivity index (χ3v) is 3.32. The highest BCUT2D eigenvalue weighted by atomic mass is 19.1. The van der Waals surface area contributed by atoms with Crippen LogP contribution in [0.15, 0.2) is 54.7 Å². The van der Waals surface area contributed by atoms with Gasteiger partial charge in [0, 0.05) is 18.0 Å². The van der Waals surface area contributed by atoms with Crippen molar-refractivity contribution in [2.75, 3.05) is 10.6 Å². The molecule has 0 saturated heterocycles. The average Bonchev–Trinajstić information content (AvgIpc) is 2.64. The summed E-state index contributed by atoms with van der Waals surface area (Å²) in [7, 11) is 0. The predicted molar refractivity (Wildman–Crippen MR) is 90.8 cm³/mol. The number of rotatable bonds is 4. The van der Waals surface area contributed by atoms with E-state index in [1.165, 1.54) is 24.4 Å². The van der Waals surface area contributed by atoms with E-state index in [4.69, 9.17) is 5.26 Å². The molecule has 0 aliphatic carbocycles. The molecule has 1 amide bonds. The fourth-order valence-electron chi connectivity index (χ4n) is 2.12. The smallest absolute Gasteiger partial charge is 0.274 e. The van der Waals surface area contributed by atoms with E-state index in [9.17, 15) is 13.6 Å². The van der Waals surface area contributed by atoms with Crippen molar-refractivity contribution in [2.24, 2.45) is 0 Å². The Morgan fingerprint density at radius 3 is 2.73 bits per heavy atom. The Labute approximate surface area is 147 Å². The van der Waals surface area contributed by atoms with E-state index in [1.807, 2.05) is 6.07 Å². The van der Waals surface area contributed by atoms with Gasteiger partial charge in [0.2, 0.25) is 5.95 Å². The number of nitrogens with zero attached hydrogens (tertiary/aromatic N) is 3. The largest absolute Gasteiger partial charge is 0.322 e. The molecule has 8 heteroatoms. The maximum atomic E-state index is 13.7. The molecule has 1 heterocycles. The van der Waals surface area contributed by atoms with E-state index >= 15 is 0 Å². The van der Waals surface area contributed by atoms with Crippen molar-refractivity contribution < 1.29 is 13.6 Å². The van der Waals surface area contributed by atoms with Gasteiger partial charge < -0.3 is 10.6 Å². The third kappa shape index (κ3) is 3.96. The number of benzene rings is 2. The van der Waals surface area contributed by atoms with E-state index in [2.05, 4.69) is 20.6 Å². The highest BCUT2D eigenvalue weighted by molar-refractivity contribution is 6.03. The Hall–Kier alpha value is -3.86. The molecule has 0 bridgehead atoms. The highest BCUT2D eigenvalue weighted by Crippen LogP contribution is 2.18. The van der Waals surface area contributed by atoms with Crippen molar-refractivity contribution in [1.29, 1.82) is 5.26 Å². The van der Waals surface area contributed by atoms with Crippen LogP contribution in [0.1, 0.15) is 16.1 Å². The van der Waals surface area contributed by atoms with Crippen molar-refractivity contribution >= 4 is 23.2 Å². The van der Waals surface area contributed by atoms with Gasteiger partial charge in [-0.1, -0.05) is 6.07 Å². The minimum Gasteiger partial charge on any atom is -0.322 e. The van der Waals surface area contributed by atoms with Gasteiger partial charge >= 0.3 is 0 Å². The summed E-state index contributed by atoms with van der Waals surface area (Å²) in [6, 6.07) is 12.8. The number of carbonyl (C=O) groups excluding carboxylic acids is 1. The Morgan fingerprint density at radius 1 is 1.12 bits per heavy atom. The molecule has 0 fully saturated rings. The summed E-state index contributed by atoms with van der Waals surface area (Å²) < 4.78 is 26.6. The minimum absolute atomic E-state index is 0.0195. The van der Waals surface area contributed by atoms with Crippen LogP contribution in [0.5, 0.6) is 0 Å². The SMILES string of the molecule is N#Cc1cccc(NC(=O)c2ccnc(Nc3ccc(F)cc3F)n2)c1. The van der Waals surface area contributed by atoms with Crippen LogP contribution < -0.4 is 10.6 Å². The van der Waals surface area contributed by atoms with Crippen molar-refractivity contribution in [3.8, 4) is 6.07 Å². The second-order valence-electron chi connectivity index (χ2n) is 5.16. The van der Waals surface area contributed by atoms with E-state index in [-0.39, 0.29) is 17.3 Å². The lowest BCUT2D eigenvalue weighted by Gasteiger charge is -2.08. The molecule has 2 N–H and O–H groups in total. The van der Waals surface area contributed by atoms with Gasteiger partial charge in [-0.15, -0.1) is 0 Å². The Kier molecular flexibility index (Phi) is 4.80. The van der Waals surface area contributed by atoms with E-state index < -0.39 is 17.5 Å². The van der Waals surface area contributed by atoms with Gasteiger partial charge in [-0.05, 0) is 36.4 Å². The molecule has 3 aromatic rings. The molecule has 0 atom stereocenters. The minimum atomic E-state index is -0.809. The molecule has 6 nitrogen and oxygen atoms in total. The molecule has 2 aromatic carbocycles. The molecular weight excluding hydrogens is 340 g/mol. The van der Waals surface area contributed by atoms with Crippen molar-refractivity contribution in [2.45, 2.75) is 0 Å². The molecule has 0 unspecified atom stereocenters. The van der Waals surface area contributed by atoms with Crippen LogP contribution in [-0.4, -0.2) is 15.9 Å². The summed E-state index contributed by atoms with van der Waals surface area (Å²) in [5, 5.41) is 14.1. The van der Waals surface area contributed by atoms with E-state index in [0.717, 1.165) is 12.1 Å². The van der Waals surface area contributed by atoms with E-state index in [1.54, 1.807) is 18.2 Å². The zero-order chi connectivity index (χ0) is 18.5. The summed E-state index contributed by atoms with van der Waals surface area (Å²) >= 11 is 0. The maximum absolute atomic E-state index is 13.7. The van der Waals surface area contributed by atoms with Gasteiger partial charge in [-0.2, -0.15) is 5.26 Å². The quantitative estimate of drug-likeness (QED) is 0.749. The van der Waals surface area contributed by atoms with Gasteiger partial charge in [-0.25, -0.2) is 18.7 Å². The van der Waals surface area contributed by atoms with Crippen molar-refractivity contribution in [1.82, 2.24) is 9.97 Å². The van der Waals surface area contributed by atoms with E-state index in [0.29, 0.717) is 11.3 Å². The number of hydrogen-bond acceptors (Lipinski definition) is 5. The second kappa shape index (κ2) is 7.36. The number of aromatic nitrogens is 2. The first-order valence-corrected chi connectivity index (χ1v) is 7.42. The Balaban J connectivity index is 1.78. The Bertz CT molecular complexity index is 1020. The lowest BCUT2D eigenvalue weighted by molar-refractivity contribution is 0.102. The molecule has 0 aliphatic rings. The van der Waals surface area contributed by atoms with Crippen LogP contribution in [0.4, 0.5) is 26.1 Å². The van der Waals surface area contributed by atoms with Crippen LogP contribution in [-0.2, 0) is 0 Å². The molecule has 1 aromatic heterocycles. The van der Waals surface area contributed by atoms with Gasteiger partial charge in [0.25, 0.3) is 5.91 Å². The maximum Gasteiger partial charge on any atom is 0.274 e. The van der Waals surface area contributed by atoms with Crippen molar-refractivity contribution in [3.05, 3.63) is 77.6 Å². The fourth-order valence-corrected chi connectivity index (χ4v) is 2.12. The number of anilines is 3. The topological polar surface area (TPSA) is 90.7 Å². The summed E-state index contributed by atoms with van der Waals surface area (Å²) in [5.41, 5.74) is 0.851. The Morgan fingerprint density at radius 2 is 1.96 bits per heavy atom. The zero-order valence-corrected chi connectivity index (χ0v) is 13.2. The normalized spacial score (nSPS) is 10.0. The molecule has 26 heavy (non-hydrogen) atoms. The molecule has 128 valence electrons. The molecule has 3 rings (SSSR count). The number of amides is 1. The lowest BCUT2D eigenvalue weighted by atomic mass is 10.2. The molecule has 0 spiro atoms. The average molecular weight is 351 g/mol. The van der Waals surface area contributed by atoms with Crippen LogP contribution in [0, 0.1) is 23.0 Å². The summed E-state index contributed by atoms with van der Waals surface area (Å²) in [4.78, 5) is 20.2. The monoisotopic (exact) mass is 351 g/mol. The van der Waals surface area contributed by atoms with Crippen LogP contribution >= 0.6 is 0 Å². The predicted octanol–water partition coefficient (Wildman–Crippen LogP) is 3.62. The summed E-state index contributed by atoms with van der Waals surface area (Å²) in [6.45, 7) is 0. The first-order valence-electron chi connectivity index (χ1n) is 7.42. The first-order chi connectivity index (χ1) is 12.5. The van der Waals surface area contributed by atoms with Crippen LogP contribution in [0.25, 0.3) is 0 Å². The number of nitrogens with one attached hydrogen (secondary N) is 2. The molecule has 0 aliphatic heterocycles. The molecular formula is C18H11F2N5O. The number of hydrogen-bond donors (Lipinski definition) is 2. The van der Waals surface area contributed by atoms with Gasteiger partial charge in [0.05, 0.1) is 17.3 Å². The fraction of sp³-hybridized carbons (Fsp3) is 0. The molecule has 0 radical (unpaired) electrons. The standard InChI is InChI=1S/C18H11F2N5O/c19-12-4-5-15(14(20)9-12)24-18-22-7-6-16(25-18)17(26)23-13-3-1-2-11(8-13)10-21/h1-9H,(H,23,26)(H,22,24,25). The van der Waals surface area contributed by atoms with Crippen LogP contribution in [0.3, 0.4) is 0 Å². The number of halogens is 2. The highest BCUT2D eigenvalue weighted by Gasteiger charge is 2.11. The second-order valence-corrected chi connectivity index (χ2v) is 5.16. The summed E-state index contributed by atoms with van der Waals surface area (Å²) in [5.74, 6) is -2.06. The molecule has 0 saturated carbocycles. The van der Waals surface area contributed by atoms with Gasteiger partial charge in [-0.3, -0.25) is 4.79 Å². The van der Waals surface area contributed by atoms with Crippen molar-refractivity contribution in [3.63, 3.8) is 0 Å². The zero-order valence-electron chi connectivity index (χ0n) is 13.2. The van der Waals surface area contributed by atoms with Gasteiger partial charge in [0.1, 0.15) is 17.3 Å². The van der Waals surface area contributed by atoms with Gasteiger partial charge in [0.15, 0.2) is 0 Å². The first kappa shape index (κ1) is 17.0. The van der Waals surface area contributed by atoms with Crippen LogP contribution in [0.2, 0.25) is 0 Å². The lowest BCUT2D eigenvalue weighted by Crippen LogP contribution is -2.15. The third-order valence-electron chi connectivity index (χ3n) is 3.32.